The van der Waals surface area contributed by atoms with E-state index in [9.17, 15) is 17.6 Å². The number of aromatic nitrogens is 2. The highest BCUT2D eigenvalue weighted by Gasteiger charge is 2.28. The average molecular weight is 344 g/mol. The molecule has 0 bridgehead atoms. The molecule has 0 unspecified atom stereocenters. The second-order valence-corrected chi connectivity index (χ2v) is 5.74. The minimum absolute atomic E-state index is 0.236. The quantitative estimate of drug-likeness (QED) is 0.633. The van der Waals surface area contributed by atoms with Crippen molar-refractivity contribution in [1.82, 2.24) is 15.0 Å². The highest BCUT2D eigenvalue weighted by Crippen LogP contribution is 2.27. The molecule has 0 amide bonds. The van der Waals surface area contributed by atoms with E-state index in [4.69, 9.17) is 4.52 Å². The Bertz CT molecular complexity index is 711. The van der Waals surface area contributed by atoms with Crippen LogP contribution in [0, 0.1) is 37.4 Å². The summed E-state index contributed by atoms with van der Waals surface area (Å²) in [5.41, 5.74) is 1.07. The van der Waals surface area contributed by atoms with Gasteiger partial charge in [0.25, 0.3) is 11.9 Å². The van der Waals surface area contributed by atoms with E-state index in [1.54, 1.807) is 0 Å². The molecule has 0 radical (unpaired) electrons. The van der Waals surface area contributed by atoms with E-state index in [2.05, 4.69) is 15.0 Å². The van der Waals surface area contributed by atoms with E-state index < -0.39 is 29.2 Å². The minimum Gasteiger partial charge on any atom is -0.364 e. The lowest BCUT2D eigenvalue weighted by Gasteiger charge is -2.36. The highest BCUT2D eigenvalue weighted by atomic mass is 19.2. The van der Waals surface area contributed by atoms with Gasteiger partial charge in [-0.05, 0) is 13.8 Å². The summed E-state index contributed by atoms with van der Waals surface area (Å²) in [4.78, 5) is 5.93. The summed E-state index contributed by atoms with van der Waals surface area (Å²) in [6, 6.07) is 0. The molecule has 2 aromatic heterocycles. The molecule has 9 heteroatoms. The van der Waals surface area contributed by atoms with E-state index in [1.807, 2.05) is 13.8 Å². The van der Waals surface area contributed by atoms with Gasteiger partial charge in [0.2, 0.25) is 11.6 Å². The van der Waals surface area contributed by atoms with Crippen molar-refractivity contribution < 1.29 is 22.1 Å². The molecular formula is C15H16F4N4O. The Kier molecular flexibility index (Phi) is 4.44. The lowest BCUT2D eigenvalue weighted by atomic mass is 10.1. The number of anilines is 1. The van der Waals surface area contributed by atoms with E-state index in [0.29, 0.717) is 19.6 Å². The maximum atomic E-state index is 13.8. The molecule has 1 fully saturated rings. The first-order valence-corrected chi connectivity index (χ1v) is 7.47. The maximum absolute atomic E-state index is 13.8. The van der Waals surface area contributed by atoms with Crippen LogP contribution < -0.4 is 4.90 Å². The second kappa shape index (κ2) is 6.39. The fraction of sp³-hybridized carbons (Fsp3) is 0.467. The lowest BCUT2D eigenvalue weighted by molar-refractivity contribution is 0.245. The zero-order valence-electron chi connectivity index (χ0n) is 13.2. The summed E-state index contributed by atoms with van der Waals surface area (Å²) in [6.07, 6.45) is 0. The predicted molar refractivity (Wildman–Crippen MR) is 77.5 cm³/mol. The van der Waals surface area contributed by atoms with Crippen molar-refractivity contribution in [3.63, 3.8) is 0 Å². The first-order valence-electron chi connectivity index (χ1n) is 7.47. The Labute approximate surface area is 135 Å². The van der Waals surface area contributed by atoms with Gasteiger partial charge in [-0.1, -0.05) is 5.16 Å². The molecule has 0 aliphatic carbocycles. The van der Waals surface area contributed by atoms with Crippen molar-refractivity contribution in [3.8, 4) is 0 Å². The SMILES string of the molecule is Cc1noc(C)c1CN1CCN(c2c(F)c(F)nc(F)c2F)CC1. The molecular weight excluding hydrogens is 328 g/mol. The normalized spacial score (nSPS) is 16.0. The summed E-state index contributed by atoms with van der Waals surface area (Å²) < 4.78 is 59.2. The third-order valence-electron chi connectivity index (χ3n) is 4.23. The third kappa shape index (κ3) is 2.95. The molecule has 130 valence electrons. The van der Waals surface area contributed by atoms with Gasteiger partial charge in [0.05, 0.1) is 5.69 Å². The Morgan fingerprint density at radius 2 is 1.54 bits per heavy atom. The van der Waals surface area contributed by atoms with Gasteiger partial charge in [0.15, 0.2) is 0 Å². The molecule has 2 aromatic rings. The van der Waals surface area contributed by atoms with E-state index >= 15 is 0 Å². The number of aryl methyl sites for hydroxylation is 2. The molecule has 1 aliphatic heterocycles. The maximum Gasteiger partial charge on any atom is 0.253 e. The van der Waals surface area contributed by atoms with Gasteiger partial charge in [-0.15, -0.1) is 0 Å². The summed E-state index contributed by atoms with van der Waals surface area (Å²) in [6.45, 7) is 5.69. The van der Waals surface area contributed by atoms with Crippen LogP contribution in [0.25, 0.3) is 0 Å². The number of pyridine rings is 1. The van der Waals surface area contributed by atoms with Crippen molar-refractivity contribution in [1.29, 1.82) is 0 Å². The van der Waals surface area contributed by atoms with Gasteiger partial charge in [-0.3, -0.25) is 4.90 Å². The molecule has 1 aliphatic rings. The van der Waals surface area contributed by atoms with Gasteiger partial charge < -0.3 is 9.42 Å². The lowest BCUT2D eigenvalue weighted by Crippen LogP contribution is -2.46. The number of piperazine rings is 1. The van der Waals surface area contributed by atoms with Gasteiger partial charge in [0, 0.05) is 38.3 Å². The first kappa shape index (κ1) is 16.7. The molecule has 0 spiro atoms. The molecule has 0 saturated carbocycles. The summed E-state index contributed by atoms with van der Waals surface area (Å²) in [5, 5.41) is 3.89. The Morgan fingerprint density at radius 1 is 0.958 bits per heavy atom. The molecule has 3 heterocycles. The Morgan fingerprint density at radius 3 is 2.04 bits per heavy atom. The van der Waals surface area contributed by atoms with Crippen LogP contribution in [0.4, 0.5) is 23.2 Å². The molecule has 24 heavy (non-hydrogen) atoms. The molecule has 0 N–H and O–H groups in total. The topological polar surface area (TPSA) is 45.4 Å². The van der Waals surface area contributed by atoms with Gasteiger partial charge in [0.1, 0.15) is 11.4 Å². The molecule has 5 nitrogen and oxygen atoms in total. The number of halogens is 4. The second-order valence-electron chi connectivity index (χ2n) is 5.74. The van der Waals surface area contributed by atoms with Gasteiger partial charge in [-0.2, -0.15) is 22.5 Å². The number of rotatable bonds is 3. The average Bonchev–Trinajstić information content (AvgIpc) is 2.87. The van der Waals surface area contributed by atoms with E-state index in [0.717, 1.165) is 17.0 Å². The Balaban J connectivity index is 1.72. The van der Waals surface area contributed by atoms with Crippen LogP contribution in [-0.4, -0.2) is 41.2 Å². The van der Waals surface area contributed by atoms with Crippen molar-refractivity contribution in [2.24, 2.45) is 0 Å². The van der Waals surface area contributed by atoms with Crippen molar-refractivity contribution >= 4 is 5.69 Å². The third-order valence-corrected chi connectivity index (χ3v) is 4.23. The van der Waals surface area contributed by atoms with Crippen LogP contribution in [0.1, 0.15) is 17.0 Å². The monoisotopic (exact) mass is 344 g/mol. The summed E-state index contributed by atoms with van der Waals surface area (Å²) in [5.74, 6) is -5.48. The van der Waals surface area contributed by atoms with Crippen LogP contribution in [0.3, 0.4) is 0 Å². The van der Waals surface area contributed by atoms with Crippen LogP contribution in [0.2, 0.25) is 0 Å². The molecule has 0 atom stereocenters. The van der Waals surface area contributed by atoms with Gasteiger partial charge in [-0.25, -0.2) is 0 Å². The summed E-state index contributed by atoms with van der Waals surface area (Å²) in [7, 11) is 0. The van der Waals surface area contributed by atoms with Gasteiger partial charge >= 0.3 is 0 Å². The fourth-order valence-corrected chi connectivity index (χ4v) is 2.83. The van der Waals surface area contributed by atoms with Crippen LogP contribution >= 0.6 is 0 Å². The van der Waals surface area contributed by atoms with E-state index in [-0.39, 0.29) is 13.1 Å². The highest BCUT2D eigenvalue weighted by molar-refractivity contribution is 5.49. The van der Waals surface area contributed by atoms with Crippen molar-refractivity contribution in [3.05, 3.63) is 40.5 Å². The standard InChI is InChI=1S/C15H16F4N4O/c1-8-10(9(2)24-21-8)7-22-3-5-23(6-4-22)13-11(16)14(18)20-15(19)12(13)17/h3-7H2,1-2H3. The van der Waals surface area contributed by atoms with Crippen molar-refractivity contribution in [2.75, 3.05) is 31.1 Å². The first-order chi connectivity index (χ1) is 11.4. The Hall–Kier alpha value is -2.16. The van der Waals surface area contributed by atoms with Crippen LogP contribution in [0.15, 0.2) is 4.52 Å². The van der Waals surface area contributed by atoms with Crippen LogP contribution in [0.5, 0.6) is 0 Å². The summed E-state index contributed by atoms with van der Waals surface area (Å²) >= 11 is 0. The smallest absolute Gasteiger partial charge is 0.253 e. The zero-order chi connectivity index (χ0) is 17.4. The van der Waals surface area contributed by atoms with Crippen molar-refractivity contribution in [2.45, 2.75) is 20.4 Å². The zero-order valence-corrected chi connectivity index (χ0v) is 13.2. The largest absolute Gasteiger partial charge is 0.364 e. The minimum atomic E-state index is -1.64. The van der Waals surface area contributed by atoms with Crippen LogP contribution in [-0.2, 0) is 6.54 Å². The van der Waals surface area contributed by atoms with E-state index in [1.165, 1.54) is 4.90 Å². The number of hydrogen-bond acceptors (Lipinski definition) is 5. The molecule has 3 rings (SSSR count). The molecule has 0 aromatic carbocycles. The molecule has 1 saturated heterocycles. The fourth-order valence-electron chi connectivity index (χ4n) is 2.83. The number of hydrogen-bond donors (Lipinski definition) is 0. The number of nitrogens with zero attached hydrogens (tertiary/aromatic N) is 4. The predicted octanol–water partition coefficient (Wildman–Crippen LogP) is 2.57.